The fraction of sp³-hybridized carbons (Fsp3) is 0.125. The maximum Gasteiger partial charge on any atom is 0.163 e. The second-order valence-corrected chi connectivity index (χ2v) is 6.43. The lowest BCUT2D eigenvalue weighted by atomic mass is 10.1. The maximum atomic E-state index is 6.37. The third-order valence-electron chi connectivity index (χ3n) is 3.44. The highest BCUT2D eigenvalue weighted by Gasteiger charge is 2.14. The Hall–Kier alpha value is -1.16. The number of benzene rings is 2. The fourth-order valence-corrected chi connectivity index (χ4v) is 2.97. The van der Waals surface area contributed by atoms with Gasteiger partial charge in [0.05, 0.1) is 10.5 Å². The Morgan fingerprint density at radius 1 is 1.00 bits per heavy atom. The van der Waals surface area contributed by atoms with Gasteiger partial charge < -0.3 is 0 Å². The van der Waals surface area contributed by atoms with Crippen LogP contribution in [0.3, 0.4) is 0 Å². The van der Waals surface area contributed by atoms with E-state index in [4.69, 9.17) is 23.2 Å². The minimum Gasteiger partial charge on any atom is -0.228 e. The van der Waals surface area contributed by atoms with Crippen molar-refractivity contribution in [2.45, 2.75) is 13.8 Å². The second kappa shape index (κ2) is 5.56. The van der Waals surface area contributed by atoms with Crippen molar-refractivity contribution in [3.05, 3.63) is 56.1 Å². The van der Waals surface area contributed by atoms with Crippen molar-refractivity contribution in [1.29, 1.82) is 0 Å². The molecule has 21 heavy (non-hydrogen) atoms. The maximum absolute atomic E-state index is 6.37. The summed E-state index contributed by atoms with van der Waals surface area (Å²) >= 11 is 16.2. The van der Waals surface area contributed by atoms with Crippen LogP contribution in [0, 0.1) is 13.8 Å². The Balaban J connectivity index is 2.35. The van der Waals surface area contributed by atoms with Crippen molar-refractivity contribution in [1.82, 2.24) is 9.97 Å². The molecular weight excluding hydrogens is 371 g/mol. The molecule has 0 aliphatic heterocycles. The van der Waals surface area contributed by atoms with Crippen LogP contribution in [0.5, 0.6) is 0 Å². The van der Waals surface area contributed by atoms with Crippen LogP contribution < -0.4 is 0 Å². The molecule has 0 saturated carbocycles. The zero-order chi connectivity index (χ0) is 15.1. The van der Waals surface area contributed by atoms with Crippen LogP contribution in [-0.2, 0) is 0 Å². The number of halogens is 3. The van der Waals surface area contributed by atoms with Gasteiger partial charge in [0, 0.05) is 15.4 Å². The van der Waals surface area contributed by atoms with Crippen molar-refractivity contribution < 1.29 is 0 Å². The van der Waals surface area contributed by atoms with Crippen LogP contribution in [0.4, 0.5) is 0 Å². The summed E-state index contributed by atoms with van der Waals surface area (Å²) in [5.41, 5.74) is 3.64. The van der Waals surface area contributed by atoms with Gasteiger partial charge in [-0.3, -0.25) is 0 Å². The highest BCUT2D eigenvalue weighted by atomic mass is 79.9. The van der Waals surface area contributed by atoms with Crippen LogP contribution in [0.15, 0.2) is 34.8 Å². The molecule has 0 fully saturated rings. The molecule has 3 aromatic rings. The summed E-state index contributed by atoms with van der Waals surface area (Å²) < 4.78 is 0.992. The first-order chi connectivity index (χ1) is 9.99. The van der Waals surface area contributed by atoms with Gasteiger partial charge in [0.1, 0.15) is 5.15 Å². The van der Waals surface area contributed by atoms with Crippen molar-refractivity contribution in [3.63, 3.8) is 0 Å². The van der Waals surface area contributed by atoms with Gasteiger partial charge in [-0.05, 0) is 43.2 Å². The van der Waals surface area contributed by atoms with E-state index in [1.807, 2.05) is 44.2 Å². The van der Waals surface area contributed by atoms with E-state index in [0.29, 0.717) is 16.0 Å². The summed E-state index contributed by atoms with van der Waals surface area (Å²) in [4.78, 5) is 9.06. The summed E-state index contributed by atoms with van der Waals surface area (Å²) in [6, 6.07) is 9.66. The number of hydrogen-bond acceptors (Lipinski definition) is 2. The van der Waals surface area contributed by atoms with E-state index in [9.17, 15) is 0 Å². The number of fused-ring (bicyclic) bond motifs is 1. The Bertz CT molecular complexity index is 863. The van der Waals surface area contributed by atoms with Crippen LogP contribution in [0.2, 0.25) is 10.2 Å². The predicted octanol–water partition coefficient (Wildman–Crippen LogP) is 5.98. The summed E-state index contributed by atoms with van der Waals surface area (Å²) in [6.07, 6.45) is 0. The molecule has 0 atom stereocenters. The van der Waals surface area contributed by atoms with Crippen molar-refractivity contribution in [3.8, 4) is 11.4 Å². The first-order valence-corrected chi connectivity index (χ1v) is 7.92. The topological polar surface area (TPSA) is 25.8 Å². The molecule has 2 aromatic carbocycles. The first-order valence-electron chi connectivity index (χ1n) is 6.37. The first kappa shape index (κ1) is 14.8. The van der Waals surface area contributed by atoms with E-state index < -0.39 is 0 Å². The van der Waals surface area contributed by atoms with Crippen molar-refractivity contribution in [2.75, 3.05) is 0 Å². The molecule has 0 saturated heterocycles. The molecule has 1 heterocycles. The van der Waals surface area contributed by atoms with Gasteiger partial charge in [0.25, 0.3) is 0 Å². The standard InChI is InChI=1S/C16H11BrCl2N2/c1-8-4-3-5-10(13(8)18)16-20-14-9(2)12(17)7-6-11(14)15(19)21-16/h3-7H,1-2H3. The van der Waals surface area contributed by atoms with Gasteiger partial charge in [-0.1, -0.05) is 51.3 Å². The van der Waals surface area contributed by atoms with E-state index in [2.05, 4.69) is 25.9 Å². The highest BCUT2D eigenvalue weighted by Crippen LogP contribution is 2.33. The van der Waals surface area contributed by atoms with Gasteiger partial charge in [-0.2, -0.15) is 0 Å². The second-order valence-electron chi connectivity index (χ2n) is 4.84. The fourth-order valence-electron chi connectivity index (χ4n) is 2.21. The monoisotopic (exact) mass is 380 g/mol. The number of aromatic nitrogens is 2. The molecular formula is C16H11BrCl2N2. The normalized spacial score (nSPS) is 11.1. The minimum atomic E-state index is 0.433. The summed E-state index contributed by atoms with van der Waals surface area (Å²) in [7, 11) is 0. The molecule has 0 unspecified atom stereocenters. The average Bonchev–Trinajstić information content (AvgIpc) is 2.46. The Morgan fingerprint density at radius 2 is 1.76 bits per heavy atom. The molecule has 3 rings (SSSR count). The van der Waals surface area contributed by atoms with E-state index in [1.165, 1.54) is 0 Å². The third kappa shape index (κ3) is 2.54. The highest BCUT2D eigenvalue weighted by molar-refractivity contribution is 9.10. The predicted molar refractivity (Wildman–Crippen MR) is 92.2 cm³/mol. The van der Waals surface area contributed by atoms with Gasteiger partial charge in [-0.15, -0.1) is 0 Å². The SMILES string of the molecule is Cc1cccc(-c2nc(Cl)c3ccc(Br)c(C)c3n2)c1Cl. The molecule has 0 aliphatic rings. The zero-order valence-corrected chi connectivity index (χ0v) is 14.5. The lowest BCUT2D eigenvalue weighted by molar-refractivity contribution is 1.21. The van der Waals surface area contributed by atoms with Gasteiger partial charge in [-0.25, -0.2) is 9.97 Å². The summed E-state index contributed by atoms with van der Waals surface area (Å²) in [6.45, 7) is 3.95. The molecule has 106 valence electrons. The average molecular weight is 382 g/mol. The Morgan fingerprint density at radius 3 is 2.52 bits per heavy atom. The van der Waals surface area contributed by atoms with Crippen LogP contribution in [0.25, 0.3) is 22.3 Å². The largest absolute Gasteiger partial charge is 0.228 e. The van der Waals surface area contributed by atoms with Gasteiger partial charge in [0.15, 0.2) is 5.82 Å². The van der Waals surface area contributed by atoms with E-state index in [0.717, 1.165) is 32.1 Å². The summed E-state index contributed by atoms with van der Waals surface area (Å²) in [5.74, 6) is 0.544. The minimum absolute atomic E-state index is 0.433. The van der Waals surface area contributed by atoms with E-state index in [1.54, 1.807) is 0 Å². The third-order valence-corrected chi connectivity index (χ3v) is 5.09. The molecule has 0 aliphatic carbocycles. The van der Waals surface area contributed by atoms with Gasteiger partial charge >= 0.3 is 0 Å². The number of hydrogen-bond donors (Lipinski definition) is 0. The zero-order valence-electron chi connectivity index (χ0n) is 11.4. The lowest BCUT2D eigenvalue weighted by Gasteiger charge is -2.10. The molecule has 0 radical (unpaired) electrons. The molecule has 0 spiro atoms. The smallest absolute Gasteiger partial charge is 0.163 e. The number of rotatable bonds is 1. The van der Waals surface area contributed by atoms with Crippen molar-refractivity contribution >= 4 is 50.0 Å². The molecule has 0 bridgehead atoms. The lowest BCUT2D eigenvalue weighted by Crippen LogP contribution is -1.95. The Kier molecular flexibility index (Phi) is 3.91. The quantitative estimate of drug-likeness (QED) is 0.484. The molecule has 5 heteroatoms. The molecule has 0 amide bonds. The Labute approximate surface area is 141 Å². The van der Waals surface area contributed by atoms with Crippen molar-refractivity contribution in [2.24, 2.45) is 0 Å². The van der Waals surface area contributed by atoms with Crippen LogP contribution in [0.1, 0.15) is 11.1 Å². The molecule has 0 N–H and O–H groups in total. The molecule has 1 aromatic heterocycles. The number of nitrogens with zero attached hydrogens (tertiary/aromatic N) is 2. The van der Waals surface area contributed by atoms with Gasteiger partial charge in [0.2, 0.25) is 0 Å². The summed E-state index contributed by atoms with van der Waals surface area (Å²) in [5, 5.41) is 1.92. The van der Waals surface area contributed by atoms with Crippen LogP contribution >= 0.6 is 39.1 Å². The molecule has 2 nitrogen and oxygen atoms in total. The van der Waals surface area contributed by atoms with Crippen LogP contribution in [-0.4, -0.2) is 9.97 Å². The van der Waals surface area contributed by atoms with E-state index in [-0.39, 0.29) is 0 Å². The number of aryl methyl sites for hydroxylation is 2. The van der Waals surface area contributed by atoms with E-state index >= 15 is 0 Å².